The lowest BCUT2D eigenvalue weighted by Crippen LogP contribution is -2.34. The van der Waals surface area contributed by atoms with Gasteiger partial charge >= 0.3 is 5.97 Å². The molecule has 1 N–H and O–H groups in total. The van der Waals surface area contributed by atoms with Gasteiger partial charge in [0.2, 0.25) is 5.91 Å². The number of hydrogen-bond acceptors (Lipinski definition) is 6. The number of carbonyl (C=O) groups is 3. The minimum absolute atomic E-state index is 0.155. The van der Waals surface area contributed by atoms with Crippen molar-refractivity contribution < 1.29 is 28.2 Å². The molecule has 0 unspecified atom stereocenters. The maximum absolute atomic E-state index is 14.3. The second-order valence-electron chi connectivity index (χ2n) is 9.51. The fraction of sp³-hybridized carbons (Fsp3) is 0.206. The Kier molecular flexibility index (Phi) is 10.4. The Bertz CT molecular complexity index is 1510. The minimum atomic E-state index is -0.749. The van der Waals surface area contributed by atoms with Gasteiger partial charge in [0.25, 0.3) is 0 Å². The van der Waals surface area contributed by atoms with E-state index in [-0.39, 0.29) is 37.0 Å². The molecular weight excluding hydrogens is 535 g/mol. The predicted octanol–water partition coefficient (Wildman–Crippen LogP) is 6.07. The van der Waals surface area contributed by atoms with Crippen LogP contribution in [-0.4, -0.2) is 44.0 Å². The number of halogens is 1. The van der Waals surface area contributed by atoms with Crippen LogP contribution < -0.4 is 15.0 Å². The molecule has 0 spiro atoms. The first-order valence-electron chi connectivity index (χ1n) is 13.7. The van der Waals surface area contributed by atoms with E-state index in [4.69, 9.17) is 9.47 Å². The van der Waals surface area contributed by atoms with Crippen LogP contribution in [0.2, 0.25) is 0 Å². The number of nitrogens with one attached hydrogen (secondary N) is 1. The fourth-order valence-corrected chi connectivity index (χ4v) is 4.53. The molecule has 42 heavy (non-hydrogen) atoms. The Hall–Kier alpha value is -4.98. The van der Waals surface area contributed by atoms with Crippen molar-refractivity contribution >= 4 is 29.0 Å². The Morgan fingerprint density at radius 1 is 0.857 bits per heavy atom. The van der Waals surface area contributed by atoms with Crippen LogP contribution in [0.4, 0.5) is 15.8 Å². The molecule has 0 saturated carbocycles. The van der Waals surface area contributed by atoms with E-state index < -0.39 is 17.8 Å². The van der Waals surface area contributed by atoms with E-state index in [1.807, 2.05) is 18.2 Å². The zero-order valence-corrected chi connectivity index (χ0v) is 23.6. The van der Waals surface area contributed by atoms with Gasteiger partial charge in [-0.15, -0.1) is 0 Å². The highest BCUT2D eigenvalue weighted by molar-refractivity contribution is 6.12. The van der Waals surface area contributed by atoms with Crippen molar-refractivity contribution in [1.82, 2.24) is 0 Å². The number of hydrogen-bond donors (Lipinski definition) is 1. The van der Waals surface area contributed by atoms with Gasteiger partial charge in [-0.05, 0) is 42.0 Å². The zero-order chi connectivity index (χ0) is 29.9. The number of anilines is 2. The molecule has 0 radical (unpaired) electrons. The predicted molar refractivity (Wildman–Crippen MR) is 160 cm³/mol. The molecule has 0 heterocycles. The highest BCUT2D eigenvalue weighted by atomic mass is 19.1. The number of amides is 1. The lowest BCUT2D eigenvalue weighted by molar-refractivity contribution is -0.141. The normalized spacial score (nSPS) is 11.3. The smallest absolute Gasteiger partial charge is 0.328 e. The molecule has 8 heteroatoms. The van der Waals surface area contributed by atoms with Crippen LogP contribution in [0.3, 0.4) is 0 Å². The SMILES string of the molecule is CCC(=O)N(CCOc1ccc(C[C@H](Nc2ccccc2C(=O)c2ccccc2)C(=O)OC)cc1)c1ccccc1F. The van der Waals surface area contributed by atoms with Crippen molar-refractivity contribution in [2.75, 3.05) is 30.5 Å². The Labute approximate surface area is 244 Å². The molecule has 0 aromatic heterocycles. The van der Waals surface area contributed by atoms with E-state index in [0.717, 1.165) is 5.56 Å². The number of carbonyl (C=O) groups excluding carboxylic acids is 3. The van der Waals surface area contributed by atoms with Gasteiger partial charge < -0.3 is 19.7 Å². The highest BCUT2D eigenvalue weighted by Gasteiger charge is 2.23. The number of para-hydroxylation sites is 2. The Morgan fingerprint density at radius 3 is 2.21 bits per heavy atom. The standard InChI is InChI=1S/C34H33FN2O5/c1-3-32(38)37(31-16-10-8-14-28(31)35)21-22-42-26-19-17-24(18-20-26)23-30(34(40)41-2)36-29-15-9-7-13-27(29)33(39)25-11-5-4-6-12-25/h4-20,30,36H,3,21-23H2,1-2H3/t30-/m0/s1. The van der Waals surface area contributed by atoms with E-state index in [9.17, 15) is 18.8 Å². The van der Waals surface area contributed by atoms with Gasteiger partial charge in [-0.2, -0.15) is 0 Å². The van der Waals surface area contributed by atoms with Crippen molar-refractivity contribution in [1.29, 1.82) is 0 Å². The Balaban J connectivity index is 1.42. The van der Waals surface area contributed by atoms with Gasteiger partial charge in [0, 0.05) is 29.7 Å². The summed E-state index contributed by atoms with van der Waals surface area (Å²) in [6, 6.07) is 28.6. The lowest BCUT2D eigenvalue weighted by atomic mass is 10.00. The van der Waals surface area contributed by atoms with Crippen molar-refractivity contribution in [3.05, 3.63) is 126 Å². The van der Waals surface area contributed by atoms with Crippen LogP contribution in [0.25, 0.3) is 0 Å². The number of benzene rings is 4. The summed E-state index contributed by atoms with van der Waals surface area (Å²) in [7, 11) is 1.32. The van der Waals surface area contributed by atoms with Gasteiger partial charge in [-0.3, -0.25) is 9.59 Å². The molecule has 1 atom stereocenters. The Morgan fingerprint density at radius 2 is 1.52 bits per heavy atom. The summed E-state index contributed by atoms with van der Waals surface area (Å²) in [5.74, 6) is -0.723. The molecule has 1 amide bonds. The van der Waals surface area contributed by atoms with E-state index in [1.54, 1.807) is 85.8 Å². The molecule has 0 aliphatic rings. The van der Waals surface area contributed by atoms with Crippen LogP contribution in [0, 0.1) is 5.82 Å². The third-order valence-electron chi connectivity index (χ3n) is 6.72. The number of esters is 1. The maximum atomic E-state index is 14.3. The van der Waals surface area contributed by atoms with E-state index >= 15 is 0 Å². The molecule has 4 aromatic rings. The molecule has 7 nitrogen and oxygen atoms in total. The summed E-state index contributed by atoms with van der Waals surface area (Å²) >= 11 is 0. The molecule has 0 aliphatic heterocycles. The molecule has 4 rings (SSSR count). The lowest BCUT2D eigenvalue weighted by Gasteiger charge is -2.23. The third kappa shape index (κ3) is 7.60. The molecule has 0 saturated heterocycles. The van der Waals surface area contributed by atoms with E-state index in [0.29, 0.717) is 29.0 Å². The minimum Gasteiger partial charge on any atom is -0.492 e. The zero-order valence-electron chi connectivity index (χ0n) is 23.6. The number of ether oxygens (including phenoxy) is 2. The summed E-state index contributed by atoms with van der Waals surface area (Å²) in [4.78, 5) is 39.7. The van der Waals surface area contributed by atoms with Gasteiger partial charge in [0.15, 0.2) is 5.78 Å². The number of ketones is 1. The van der Waals surface area contributed by atoms with Gasteiger partial charge in [0.1, 0.15) is 24.2 Å². The number of rotatable bonds is 13. The fourth-order valence-electron chi connectivity index (χ4n) is 4.53. The maximum Gasteiger partial charge on any atom is 0.328 e. The summed E-state index contributed by atoms with van der Waals surface area (Å²) < 4.78 is 25.2. The number of methoxy groups -OCH3 is 1. The first kappa shape index (κ1) is 30.0. The van der Waals surface area contributed by atoms with E-state index in [2.05, 4.69) is 5.32 Å². The van der Waals surface area contributed by atoms with Gasteiger partial charge in [-0.25, -0.2) is 9.18 Å². The molecular formula is C34H33FN2O5. The third-order valence-corrected chi connectivity index (χ3v) is 6.72. The van der Waals surface area contributed by atoms with Crippen molar-refractivity contribution in [3.8, 4) is 5.75 Å². The van der Waals surface area contributed by atoms with Crippen LogP contribution in [0.1, 0.15) is 34.8 Å². The topological polar surface area (TPSA) is 84.9 Å². The molecule has 4 aromatic carbocycles. The van der Waals surface area contributed by atoms with Crippen LogP contribution >= 0.6 is 0 Å². The second-order valence-corrected chi connectivity index (χ2v) is 9.51. The van der Waals surface area contributed by atoms with E-state index in [1.165, 1.54) is 18.1 Å². The number of nitrogens with zero attached hydrogens (tertiary/aromatic N) is 1. The van der Waals surface area contributed by atoms with Crippen molar-refractivity contribution in [2.24, 2.45) is 0 Å². The first-order valence-corrected chi connectivity index (χ1v) is 13.7. The highest BCUT2D eigenvalue weighted by Crippen LogP contribution is 2.23. The monoisotopic (exact) mass is 568 g/mol. The average molecular weight is 569 g/mol. The van der Waals surface area contributed by atoms with Gasteiger partial charge in [-0.1, -0.05) is 73.7 Å². The summed E-state index contributed by atoms with van der Waals surface area (Å²) in [5, 5.41) is 3.20. The van der Waals surface area contributed by atoms with Crippen LogP contribution in [-0.2, 0) is 20.7 Å². The second kappa shape index (κ2) is 14.6. The van der Waals surface area contributed by atoms with Crippen molar-refractivity contribution in [3.63, 3.8) is 0 Å². The van der Waals surface area contributed by atoms with Gasteiger partial charge in [0.05, 0.1) is 19.3 Å². The summed E-state index contributed by atoms with van der Waals surface area (Å²) in [6.07, 6.45) is 0.538. The molecule has 0 bridgehead atoms. The first-order chi connectivity index (χ1) is 20.4. The average Bonchev–Trinajstić information content (AvgIpc) is 3.03. The largest absolute Gasteiger partial charge is 0.492 e. The molecule has 0 fully saturated rings. The molecule has 0 aliphatic carbocycles. The summed E-state index contributed by atoms with van der Waals surface area (Å²) in [6.45, 7) is 2.08. The van der Waals surface area contributed by atoms with Crippen LogP contribution in [0.5, 0.6) is 5.75 Å². The van der Waals surface area contributed by atoms with Crippen LogP contribution in [0.15, 0.2) is 103 Å². The quantitative estimate of drug-likeness (QED) is 0.156. The van der Waals surface area contributed by atoms with Crippen molar-refractivity contribution in [2.45, 2.75) is 25.8 Å². The summed E-state index contributed by atoms with van der Waals surface area (Å²) in [5.41, 5.74) is 2.59. The molecule has 216 valence electrons.